The van der Waals surface area contributed by atoms with Crippen LogP contribution in [0.15, 0.2) is 5.10 Å². The van der Waals surface area contributed by atoms with E-state index >= 15 is 0 Å². The number of hydrazone groups is 1. The van der Waals surface area contributed by atoms with Crippen molar-refractivity contribution in [2.75, 3.05) is 6.73 Å². The Bertz CT molecular complexity index is 81.8. The summed E-state index contributed by atoms with van der Waals surface area (Å²) in [5.41, 5.74) is 2.66. The summed E-state index contributed by atoms with van der Waals surface area (Å²) in [7, 11) is 0. The van der Waals surface area contributed by atoms with Crippen molar-refractivity contribution < 1.29 is 4.74 Å². The van der Waals surface area contributed by atoms with Gasteiger partial charge in [-0.05, 0) is 6.92 Å². The van der Waals surface area contributed by atoms with Gasteiger partial charge in [-0.25, -0.2) is 0 Å². The highest BCUT2D eigenvalue weighted by Crippen LogP contribution is 1.87. The zero-order valence-corrected chi connectivity index (χ0v) is 4.22. The Morgan fingerprint density at radius 1 is 2.00 bits per heavy atom. The summed E-state index contributed by atoms with van der Waals surface area (Å²) in [6.45, 7) is 2.49. The Morgan fingerprint density at radius 3 is 3.14 bits per heavy atom. The predicted octanol–water partition coefficient (Wildman–Crippen LogP) is -0.0620. The van der Waals surface area contributed by atoms with E-state index in [-0.39, 0.29) is 6.10 Å². The Hall–Kier alpha value is -0.570. The quantitative estimate of drug-likeness (QED) is 0.462. The van der Waals surface area contributed by atoms with Crippen molar-refractivity contribution in [3.8, 4) is 0 Å². The fraction of sp³-hybridized carbons (Fsp3) is 0.750. The van der Waals surface area contributed by atoms with Gasteiger partial charge in [0.25, 0.3) is 0 Å². The summed E-state index contributed by atoms with van der Waals surface area (Å²) < 4.78 is 5.02. The summed E-state index contributed by atoms with van der Waals surface area (Å²) >= 11 is 0. The van der Waals surface area contributed by atoms with Crippen molar-refractivity contribution in [2.45, 2.75) is 13.0 Å². The molecule has 3 nitrogen and oxygen atoms in total. The molecule has 0 bridgehead atoms. The zero-order valence-electron chi connectivity index (χ0n) is 4.22. The van der Waals surface area contributed by atoms with Crippen LogP contribution in [0.3, 0.4) is 0 Å². The first-order chi connectivity index (χ1) is 3.39. The maximum atomic E-state index is 5.02. The van der Waals surface area contributed by atoms with Gasteiger partial charge in [0.15, 0.2) is 0 Å². The minimum Gasteiger partial charge on any atom is -0.351 e. The van der Waals surface area contributed by atoms with Crippen LogP contribution in [0.4, 0.5) is 0 Å². The molecule has 40 valence electrons. The van der Waals surface area contributed by atoms with Gasteiger partial charge in [-0.3, -0.25) is 5.43 Å². The van der Waals surface area contributed by atoms with Crippen molar-refractivity contribution in [1.82, 2.24) is 5.43 Å². The average Bonchev–Trinajstić information content (AvgIpc) is 1.69. The molecule has 0 aromatic rings. The SMILES string of the molecule is CC1C=NNCO1. The Labute approximate surface area is 42.4 Å². The van der Waals surface area contributed by atoms with E-state index in [2.05, 4.69) is 10.5 Å². The average molecular weight is 100 g/mol. The molecule has 0 spiro atoms. The highest BCUT2D eigenvalue weighted by Gasteiger charge is 1.98. The lowest BCUT2D eigenvalue weighted by molar-refractivity contribution is 0.0855. The lowest BCUT2D eigenvalue weighted by atomic mass is 10.4. The third-order valence-electron chi connectivity index (χ3n) is 0.787. The van der Waals surface area contributed by atoms with Gasteiger partial charge < -0.3 is 4.74 Å². The molecule has 0 fully saturated rings. The van der Waals surface area contributed by atoms with Crippen LogP contribution >= 0.6 is 0 Å². The molecule has 1 atom stereocenters. The largest absolute Gasteiger partial charge is 0.351 e. The molecule has 1 aliphatic heterocycles. The van der Waals surface area contributed by atoms with Crippen LogP contribution in [0.25, 0.3) is 0 Å². The Morgan fingerprint density at radius 2 is 2.86 bits per heavy atom. The van der Waals surface area contributed by atoms with Crippen molar-refractivity contribution in [3.05, 3.63) is 0 Å². The molecular formula is C4H8N2O. The summed E-state index contributed by atoms with van der Waals surface area (Å²) in [5.74, 6) is 0. The van der Waals surface area contributed by atoms with E-state index in [1.165, 1.54) is 0 Å². The number of hydrogen-bond acceptors (Lipinski definition) is 3. The highest BCUT2D eigenvalue weighted by atomic mass is 16.5. The van der Waals surface area contributed by atoms with Gasteiger partial charge in [0.05, 0.1) is 12.3 Å². The molecule has 0 saturated carbocycles. The number of nitrogens with zero attached hydrogens (tertiary/aromatic N) is 1. The summed E-state index contributed by atoms with van der Waals surface area (Å²) in [5, 5.41) is 3.76. The third-order valence-corrected chi connectivity index (χ3v) is 0.787. The first kappa shape index (κ1) is 4.59. The molecule has 0 aliphatic carbocycles. The van der Waals surface area contributed by atoms with Crippen LogP contribution in [0, 0.1) is 0 Å². The smallest absolute Gasteiger partial charge is 0.132 e. The minimum absolute atomic E-state index is 0.182. The highest BCUT2D eigenvalue weighted by molar-refractivity contribution is 5.62. The molecule has 1 rings (SSSR count). The molecule has 0 aromatic carbocycles. The summed E-state index contributed by atoms with van der Waals surface area (Å²) in [6, 6.07) is 0. The molecule has 0 amide bonds. The van der Waals surface area contributed by atoms with Gasteiger partial charge in [0.2, 0.25) is 0 Å². The maximum Gasteiger partial charge on any atom is 0.132 e. The van der Waals surface area contributed by atoms with E-state index in [1.807, 2.05) is 6.92 Å². The monoisotopic (exact) mass is 100 g/mol. The minimum atomic E-state index is 0.182. The molecule has 1 heterocycles. The van der Waals surface area contributed by atoms with Gasteiger partial charge in [-0.1, -0.05) is 0 Å². The van der Waals surface area contributed by atoms with Crippen LogP contribution in [0.1, 0.15) is 6.92 Å². The van der Waals surface area contributed by atoms with Crippen LogP contribution in [-0.4, -0.2) is 19.0 Å². The van der Waals surface area contributed by atoms with E-state index in [9.17, 15) is 0 Å². The van der Waals surface area contributed by atoms with Gasteiger partial charge in [-0.2, -0.15) is 5.10 Å². The van der Waals surface area contributed by atoms with Crippen LogP contribution in [0.5, 0.6) is 0 Å². The van der Waals surface area contributed by atoms with Gasteiger partial charge in [0, 0.05) is 0 Å². The van der Waals surface area contributed by atoms with E-state index < -0.39 is 0 Å². The molecule has 3 heteroatoms. The Kier molecular flexibility index (Phi) is 1.26. The number of nitrogens with one attached hydrogen (secondary N) is 1. The normalized spacial score (nSPS) is 29.6. The standard InChI is InChI=1S/C4H8N2O/c1-4-2-5-6-3-7-4/h2,4,6H,3H2,1H3. The second kappa shape index (κ2) is 1.93. The van der Waals surface area contributed by atoms with E-state index in [0.717, 1.165) is 0 Å². The lowest BCUT2D eigenvalue weighted by Gasteiger charge is -2.11. The molecule has 0 saturated heterocycles. The van der Waals surface area contributed by atoms with Crippen molar-refractivity contribution in [1.29, 1.82) is 0 Å². The predicted molar refractivity (Wildman–Crippen MR) is 27.0 cm³/mol. The van der Waals surface area contributed by atoms with Gasteiger partial charge in [-0.15, -0.1) is 0 Å². The Balaban J connectivity index is 2.36. The van der Waals surface area contributed by atoms with Crippen molar-refractivity contribution >= 4 is 6.21 Å². The molecule has 1 aliphatic rings. The number of hydrogen-bond donors (Lipinski definition) is 1. The molecule has 7 heavy (non-hydrogen) atoms. The lowest BCUT2D eigenvalue weighted by Crippen LogP contribution is -2.25. The molecular weight excluding hydrogens is 92.1 g/mol. The fourth-order valence-electron chi connectivity index (χ4n) is 0.407. The molecule has 0 radical (unpaired) electrons. The second-order valence-corrected chi connectivity index (χ2v) is 1.45. The summed E-state index contributed by atoms with van der Waals surface area (Å²) in [4.78, 5) is 0. The van der Waals surface area contributed by atoms with Crippen molar-refractivity contribution in [2.24, 2.45) is 5.10 Å². The van der Waals surface area contributed by atoms with E-state index in [0.29, 0.717) is 6.73 Å². The number of rotatable bonds is 0. The fourth-order valence-corrected chi connectivity index (χ4v) is 0.407. The van der Waals surface area contributed by atoms with E-state index in [1.54, 1.807) is 6.21 Å². The van der Waals surface area contributed by atoms with Gasteiger partial charge in [0.1, 0.15) is 6.73 Å². The van der Waals surface area contributed by atoms with Crippen LogP contribution < -0.4 is 5.43 Å². The molecule has 1 N–H and O–H groups in total. The molecule has 1 unspecified atom stereocenters. The van der Waals surface area contributed by atoms with E-state index in [4.69, 9.17) is 4.74 Å². The summed E-state index contributed by atoms with van der Waals surface area (Å²) in [6.07, 6.45) is 1.91. The van der Waals surface area contributed by atoms with Crippen LogP contribution in [0.2, 0.25) is 0 Å². The number of ether oxygens (including phenoxy) is 1. The van der Waals surface area contributed by atoms with Gasteiger partial charge >= 0.3 is 0 Å². The topological polar surface area (TPSA) is 33.6 Å². The maximum absolute atomic E-state index is 5.02. The van der Waals surface area contributed by atoms with Crippen LogP contribution in [-0.2, 0) is 4.74 Å². The third kappa shape index (κ3) is 1.16. The second-order valence-electron chi connectivity index (χ2n) is 1.45. The zero-order chi connectivity index (χ0) is 5.11. The van der Waals surface area contributed by atoms with Crippen molar-refractivity contribution in [3.63, 3.8) is 0 Å². The molecule has 0 aromatic heterocycles. The first-order valence-corrected chi connectivity index (χ1v) is 2.27. The first-order valence-electron chi connectivity index (χ1n) is 2.27.